The van der Waals surface area contributed by atoms with Gasteiger partial charge in [0.05, 0.1) is 5.02 Å². The van der Waals surface area contributed by atoms with Crippen LogP contribution in [0.25, 0.3) is 0 Å². The van der Waals surface area contributed by atoms with Gasteiger partial charge in [-0.25, -0.2) is 4.98 Å². The van der Waals surface area contributed by atoms with E-state index < -0.39 is 0 Å². The van der Waals surface area contributed by atoms with Gasteiger partial charge < -0.3 is 5.32 Å². The highest BCUT2D eigenvalue weighted by molar-refractivity contribution is 6.34. The van der Waals surface area contributed by atoms with Crippen LogP contribution in [0.5, 0.6) is 0 Å². The average molecular weight is 287 g/mol. The average Bonchev–Trinajstić information content (AvgIpc) is 2.32. The van der Waals surface area contributed by atoms with Crippen LogP contribution in [0.3, 0.4) is 0 Å². The first-order valence-electron chi connectivity index (χ1n) is 6.19. The van der Waals surface area contributed by atoms with Gasteiger partial charge in [-0.3, -0.25) is 4.79 Å². The van der Waals surface area contributed by atoms with Crippen LogP contribution in [-0.4, -0.2) is 16.9 Å². The summed E-state index contributed by atoms with van der Waals surface area (Å²) in [5.41, 5.74) is 0.211. The molecule has 3 nitrogen and oxygen atoms in total. The van der Waals surface area contributed by atoms with E-state index in [0.717, 1.165) is 19.3 Å². The van der Waals surface area contributed by atoms with E-state index in [9.17, 15) is 4.79 Å². The SMILES string of the molecule is CC1CCCC(NC(=O)c2nc(Cl)ccc2Cl)C1. The predicted octanol–water partition coefficient (Wildman–Crippen LogP) is 3.70. The van der Waals surface area contributed by atoms with Gasteiger partial charge in [-0.05, 0) is 30.9 Å². The van der Waals surface area contributed by atoms with Crippen molar-refractivity contribution in [1.29, 1.82) is 0 Å². The lowest BCUT2D eigenvalue weighted by molar-refractivity contribution is 0.0916. The largest absolute Gasteiger partial charge is 0.348 e. The fraction of sp³-hybridized carbons (Fsp3) is 0.538. The molecule has 1 saturated carbocycles. The third-order valence-electron chi connectivity index (χ3n) is 3.30. The Hall–Kier alpha value is -0.800. The Morgan fingerprint density at radius 3 is 2.89 bits per heavy atom. The molecule has 1 aromatic heterocycles. The summed E-state index contributed by atoms with van der Waals surface area (Å²) < 4.78 is 0. The molecule has 2 rings (SSSR count). The van der Waals surface area contributed by atoms with E-state index in [2.05, 4.69) is 17.2 Å². The van der Waals surface area contributed by atoms with Gasteiger partial charge in [0.15, 0.2) is 0 Å². The van der Waals surface area contributed by atoms with Crippen molar-refractivity contribution in [1.82, 2.24) is 10.3 Å². The lowest BCUT2D eigenvalue weighted by Gasteiger charge is -2.27. The quantitative estimate of drug-likeness (QED) is 0.843. The molecule has 1 amide bonds. The van der Waals surface area contributed by atoms with Gasteiger partial charge in [0.25, 0.3) is 5.91 Å². The maximum absolute atomic E-state index is 12.1. The lowest BCUT2D eigenvalue weighted by atomic mass is 9.87. The van der Waals surface area contributed by atoms with Crippen LogP contribution >= 0.6 is 23.2 Å². The minimum Gasteiger partial charge on any atom is -0.348 e. The van der Waals surface area contributed by atoms with Crippen molar-refractivity contribution in [2.24, 2.45) is 5.92 Å². The summed E-state index contributed by atoms with van der Waals surface area (Å²) >= 11 is 11.7. The Kier molecular flexibility index (Phi) is 4.46. The van der Waals surface area contributed by atoms with E-state index >= 15 is 0 Å². The molecule has 1 fully saturated rings. The van der Waals surface area contributed by atoms with Crippen molar-refractivity contribution in [3.63, 3.8) is 0 Å². The smallest absolute Gasteiger partial charge is 0.271 e. The van der Waals surface area contributed by atoms with Crippen molar-refractivity contribution in [3.05, 3.63) is 28.0 Å². The van der Waals surface area contributed by atoms with Crippen molar-refractivity contribution >= 4 is 29.1 Å². The number of carbonyl (C=O) groups excluding carboxylic acids is 1. The summed E-state index contributed by atoms with van der Waals surface area (Å²) in [6, 6.07) is 3.39. The molecule has 98 valence electrons. The van der Waals surface area contributed by atoms with Gasteiger partial charge >= 0.3 is 0 Å². The topological polar surface area (TPSA) is 42.0 Å². The number of rotatable bonds is 2. The molecule has 0 saturated heterocycles. The van der Waals surface area contributed by atoms with E-state index in [-0.39, 0.29) is 22.8 Å². The first-order chi connectivity index (χ1) is 8.56. The van der Waals surface area contributed by atoms with Crippen LogP contribution in [0.15, 0.2) is 12.1 Å². The zero-order valence-corrected chi connectivity index (χ0v) is 11.8. The van der Waals surface area contributed by atoms with Crippen molar-refractivity contribution < 1.29 is 4.79 Å². The number of carbonyl (C=O) groups is 1. The molecule has 1 aliphatic carbocycles. The van der Waals surface area contributed by atoms with E-state index in [4.69, 9.17) is 23.2 Å². The minimum atomic E-state index is -0.235. The third-order valence-corrected chi connectivity index (χ3v) is 3.81. The van der Waals surface area contributed by atoms with Crippen LogP contribution in [0.4, 0.5) is 0 Å². The predicted molar refractivity (Wildman–Crippen MR) is 73.1 cm³/mol. The third kappa shape index (κ3) is 3.36. The molecule has 1 heterocycles. The fourth-order valence-electron chi connectivity index (χ4n) is 2.40. The maximum Gasteiger partial charge on any atom is 0.271 e. The van der Waals surface area contributed by atoms with Crippen molar-refractivity contribution in [2.75, 3.05) is 0 Å². The number of aromatic nitrogens is 1. The number of amides is 1. The van der Waals surface area contributed by atoms with Crippen molar-refractivity contribution in [2.45, 2.75) is 38.6 Å². The summed E-state index contributed by atoms with van der Waals surface area (Å²) in [6.45, 7) is 2.21. The molecular weight excluding hydrogens is 271 g/mol. The number of pyridine rings is 1. The number of hydrogen-bond acceptors (Lipinski definition) is 2. The highest BCUT2D eigenvalue weighted by Crippen LogP contribution is 2.24. The highest BCUT2D eigenvalue weighted by atomic mass is 35.5. The molecule has 0 aromatic carbocycles. The summed E-state index contributed by atoms with van der Waals surface area (Å²) in [6.07, 6.45) is 4.43. The van der Waals surface area contributed by atoms with Gasteiger partial charge in [-0.1, -0.05) is 43.0 Å². The number of nitrogens with zero attached hydrogens (tertiary/aromatic N) is 1. The Balaban J connectivity index is 2.05. The zero-order chi connectivity index (χ0) is 13.1. The molecule has 2 unspecified atom stereocenters. The van der Waals surface area contributed by atoms with Gasteiger partial charge in [0.1, 0.15) is 10.8 Å². The van der Waals surface area contributed by atoms with E-state index in [1.165, 1.54) is 6.42 Å². The standard InChI is InChI=1S/C13H16Cl2N2O/c1-8-3-2-4-9(7-8)16-13(18)12-10(14)5-6-11(15)17-12/h5-6,8-9H,2-4,7H2,1H3,(H,16,18). The van der Waals surface area contributed by atoms with E-state index in [1.54, 1.807) is 12.1 Å². The molecule has 1 aromatic rings. The molecular formula is C13H16Cl2N2O. The fourth-order valence-corrected chi connectivity index (χ4v) is 2.74. The monoisotopic (exact) mass is 286 g/mol. The molecule has 0 bridgehead atoms. The van der Waals surface area contributed by atoms with Crippen molar-refractivity contribution in [3.8, 4) is 0 Å². The second kappa shape index (κ2) is 5.89. The van der Waals surface area contributed by atoms with Crippen LogP contribution in [0.1, 0.15) is 43.1 Å². The van der Waals surface area contributed by atoms with Gasteiger partial charge in [0, 0.05) is 6.04 Å². The first kappa shape index (κ1) is 13.6. The second-order valence-corrected chi connectivity index (χ2v) is 5.70. The molecule has 0 aliphatic heterocycles. The minimum absolute atomic E-state index is 0.211. The van der Waals surface area contributed by atoms with Crippen LogP contribution < -0.4 is 5.32 Å². The maximum atomic E-state index is 12.1. The zero-order valence-electron chi connectivity index (χ0n) is 10.2. The number of halogens is 2. The van der Waals surface area contributed by atoms with Crippen LogP contribution in [0, 0.1) is 5.92 Å². The summed E-state index contributed by atoms with van der Waals surface area (Å²) in [7, 11) is 0. The summed E-state index contributed by atoms with van der Waals surface area (Å²) in [5, 5.41) is 3.60. The molecule has 0 radical (unpaired) electrons. The summed E-state index contributed by atoms with van der Waals surface area (Å²) in [4.78, 5) is 16.1. The first-order valence-corrected chi connectivity index (χ1v) is 6.94. The van der Waals surface area contributed by atoms with Gasteiger partial charge in [-0.2, -0.15) is 0 Å². The highest BCUT2D eigenvalue weighted by Gasteiger charge is 2.22. The Labute approximate surface area is 117 Å². The Bertz CT molecular complexity index is 451. The number of nitrogens with one attached hydrogen (secondary N) is 1. The number of hydrogen-bond donors (Lipinski definition) is 1. The molecule has 1 N–H and O–H groups in total. The molecule has 18 heavy (non-hydrogen) atoms. The van der Waals surface area contributed by atoms with E-state index in [0.29, 0.717) is 10.9 Å². The molecule has 1 aliphatic rings. The van der Waals surface area contributed by atoms with Gasteiger partial charge in [0.2, 0.25) is 0 Å². The normalized spacial score (nSPS) is 23.7. The Morgan fingerprint density at radius 2 is 2.17 bits per heavy atom. The molecule has 2 atom stereocenters. The van der Waals surface area contributed by atoms with Gasteiger partial charge in [-0.15, -0.1) is 0 Å². The van der Waals surface area contributed by atoms with Crippen LogP contribution in [-0.2, 0) is 0 Å². The molecule has 5 heteroatoms. The van der Waals surface area contributed by atoms with E-state index in [1.807, 2.05) is 0 Å². The second-order valence-electron chi connectivity index (χ2n) is 4.91. The Morgan fingerprint density at radius 1 is 1.39 bits per heavy atom. The van der Waals surface area contributed by atoms with Crippen LogP contribution in [0.2, 0.25) is 10.2 Å². The molecule has 0 spiro atoms. The summed E-state index contributed by atoms with van der Waals surface area (Å²) in [5.74, 6) is 0.424. The lowest BCUT2D eigenvalue weighted by Crippen LogP contribution is -2.38.